The molecular weight excluding hydrogens is 328 g/mol. The van der Waals surface area contributed by atoms with Crippen LogP contribution in [0.2, 0.25) is 0 Å². The van der Waals surface area contributed by atoms with E-state index in [9.17, 15) is 8.42 Å². The number of benzene rings is 1. The number of hydrogen-bond donors (Lipinski definition) is 1. The van der Waals surface area contributed by atoms with Crippen molar-refractivity contribution in [1.82, 2.24) is 15.0 Å². The fraction of sp³-hybridized carbons (Fsp3) is 0.500. The number of primary sulfonamides is 1. The van der Waals surface area contributed by atoms with E-state index >= 15 is 0 Å². The highest BCUT2D eigenvalue weighted by Gasteiger charge is 2.23. The molecule has 0 spiro atoms. The largest absolute Gasteiger partial charge is 0.339 e. The second kappa shape index (κ2) is 6.62. The van der Waals surface area contributed by atoms with E-state index in [1.807, 2.05) is 34.7 Å². The summed E-state index contributed by atoms with van der Waals surface area (Å²) < 4.78 is 27.9. The van der Waals surface area contributed by atoms with E-state index in [1.165, 1.54) is 12.1 Å². The average Bonchev–Trinajstić information content (AvgIpc) is 2.94. The average molecular weight is 352 g/mol. The summed E-state index contributed by atoms with van der Waals surface area (Å²) in [5.41, 5.74) is 0.795. The molecule has 0 saturated heterocycles. The quantitative estimate of drug-likeness (QED) is 0.885. The van der Waals surface area contributed by atoms with Gasteiger partial charge in [-0.05, 0) is 31.7 Å². The fourth-order valence-electron chi connectivity index (χ4n) is 2.17. The normalized spacial score (nSPS) is 14.1. The zero-order valence-electron chi connectivity index (χ0n) is 14.6. The number of nitrogens with zero attached hydrogens (tertiary/aromatic N) is 3. The molecule has 1 heterocycles. The first kappa shape index (κ1) is 18.6. The van der Waals surface area contributed by atoms with Crippen molar-refractivity contribution in [3.8, 4) is 0 Å². The van der Waals surface area contributed by atoms with Crippen molar-refractivity contribution in [3.63, 3.8) is 0 Å². The van der Waals surface area contributed by atoms with E-state index in [0.29, 0.717) is 18.3 Å². The van der Waals surface area contributed by atoms with Gasteiger partial charge in [-0.3, -0.25) is 4.90 Å². The summed E-state index contributed by atoms with van der Waals surface area (Å²) in [6.45, 7) is 8.60. The van der Waals surface area contributed by atoms with Crippen LogP contribution in [0.1, 0.15) is 51.0 Å². The van der Waals surface area contributed by atoms with Crippen molar-refractivity contribution >= 4 is 10.0 Å². The highest BCUT2D eigenvalue weighted by molar-refractivity contribution is 7.89. The molecular formula is C16H24N4O3S. The van der Waals surface area contributed by atoms with E-state index in [4.69, 9.17) is 9.66 Å². The lowest BCUT2D eigenvalue weighted by molar-refractivity contribution is 0.241. The second-order valence-electron chi connectivity index (χ2n) is 6.97. The zero-order valence-corrected chi connectivity index (χ0v) is 15.5. The van der Waals surface area contributed by atoms with Gasteiger partial charge in [0, 0.05) is 11.5 Å². The Morgan fingerprint density at radius 3 is 2.29 bits per heavy atom. The third-order valence-electron chi connectivity index (χ3n) is 3.85. The van der Waals surface area contributed by atoms with Crippen LogP contribution < -0.4 is 5.14 Å². The minimum absolute atomic E-state index is 0.0520. The lowest BCUT2D eigenvalue weighted by atomic mass is 9.97. The maximum atomic E-state index is 11.3. The molecule has 24 heavy (non-hydrogen) atoms. The number of aromatic nitrogens is 2. The molecule has 8 heteroatoms. The highest BCUT2D eigenvalue weighted by atomic mass is 32.2. The van der Waals surface area contributed by atoms with Crippen molar-refractivity contribution in [2.45, 2.75) is 50.6 Å². The SMILES string of the molecule is CC(c1ccc(S(N)(=O)=O)cc1)N(C)Cc1noc(C(C)(C)C)n1. The molecule has 0 saturated carbocycles. The van der Waals surface area contributed by atoms with E-state index in [0.717, 1.165) is 5.56 Å². The summed E-state index contributed by atoms with van der Waals surface area (Å²) in [6.07, 6.45) is 0. The number of hydrogen-bond acceptors (Lipinski definition) is 6. The van der Waals surface area contributed by atoms with Gasteiger partial charge in [0.2, 0.25) is 15.9 Å². The third kappa shape index (κ3) is 4.40. The molecule has 1 aromatic carbocycles. The minimum atomic E-state index is -3.67. The van der Waals surface area contributed by atoms with Crippen molar-refractivity contribution in [3.05, 3.63) is 41.5 Å². The Morgan fingerprint density at radius 1 is 1.25 bits per heavy atom. The Kier molecular flexibility index (Phi) is 5.12. The topological polar surface area (TPSA) is 102 Å². The summed E-state index contributed by atoms with van der Waals surface area (Å²) in [5, 5.41) is 9.14. The fourth-order valence-corrected chi connectivity index (χ4v) is 2.69. The van der Waals surface area contributed by atoms with Gasteiger partial charge in [-0.2, -0.15) is 4.98 Å². The Morgan fingerprint density at radius 2 is 1.83 bits per heavy atom. The number of nitrogens with two attached hydrogens (primary N) is 1. The lowest BCUT2D eigenvalue weighted by Gasteiger charge is -2.23. The molecule has 2 rings (SSSR count). The van der Waals surface area contributed by atoms with Gasteiger partial charge < -0.3 is 4.52 Å². The van der Waals surface area contributed by atoms with Crippen LogP contribution in [0.25, 0.3) is 0 Å². The first-order valence-corrected chi connectivity index (χ1v) is 9.19. The van der Waals surface area contributed by atoms with Crippen LogP contribution in [0, 0.1) is 0 Å². The molecule has 1 atom stereocenters. The van der Waals surface area contributed by atoms with E-state index in [2.05, 4.69) is 15.0 Å². The van der Waals surface area contributed by atoms with E-state index in [-0.39, 0.29) is 16.4 Å². The van der Waals surface area contributed by atoms with Gasteiger partial charge in [0.1, 0.15) is 0 Å². The van der Waals surface area contributed by atoms with Crippen LogP contribution in [0.5, 0.6) is 0 Å². The molecule has 132 valence electrons. The molecule has 0 aliphatic heterocycles. The maximum Gasteiger partial charge on any atom is 0.238 e. The Labute approximate surface area is 142 Å². The Hall–Kier alpha value is -1.77. The summed E-state index contributed by atoms with van der Waals surface area (Å²) in [4.78, 5) is 6.59. The van der Waals surface area contributed by atoms with Gasteiger partial charge in [-0.15, -0.1) is 0 Å². The van der Waals surface area contributed by atoms with Crippen molar-refractivity contribution in [2.75, 3.05) is 7.05 Å². The van der Waals surface area contributed by atoms with Crippen molar-refractivity contribution in [1.29, 1.82) is 0 Å². The van der Waals surface area contributed by atoms with Gasteiger partial charge >= 0.3 is 0 Å². The zero-order chi connectivity index (χ0) is 18.1. The van der Waals surface area contributed by atoms with Crippen LogP contribution in [0.4, 0.5) is 0 Å². The minimum Gasteiger partial charge on any atom is -0.339 e. The van der Waals surface area contributed by atoms with Gasteiger partial charge in [0.25, 0.3) is 0 Å². The predicted octanol–water partition coefficient (Wildman–Crippen LogP) is 2.21. The molecule has 0 bridgehead atoms. The first-order valence-electron chi connectivity index (χ1n) is 7.64. The van der Waals surface area contributed by atoms with Crippen LogP contribution >= 0.6 is 0 Å². The van der Waals surface area contributed by atoms with E-state index in [1.54, 1.807) is 12.1 Å². The third-order valence-corrected chi connectivity index (χ3v) is 4.78. The molecule has 7 nitrogen and oxygen atoms in total. The molecule has 0 aliphatic carbocycles. The molecule has 0 fully saturated rings. The number of rotatable bonds is 5. The second-order valence-corrected chi connectivity index (χ2v) is 8.53. The van der Waals surface area contributed by atoms with Crippen LogP contribution in [-0.4, -0.2) is 30.5 Å². The highest BCUT2D eigenvalue weighted by Crippen LogP contribution is 2.23. The molecule has 0 radical (unpaired) electrons. The molecule has 1 aromatic heterocycles. The molecule has 1 unspecified atom stereocenters. The summed E-state index contributed by atoms with van der Waals surface area (Å²) in [5.74, 6) is 1.23. The molecule has 0 aliphatic rings. The molecule has 2 aromatic rings. The monoisotopic (exact) mass is 352 g/mol. The van der Waals surface area contributed by atoms with Gasteiger partial charge in [0.15, 0.2) is 5.82 Å². The lowest BCUT2D eigenvalue weighted by Crippen LogP contribution is -2.23. The molecule has 2 N–H and O–H groups in total. The summed E-state index contributed by atoms with van der Waals surface area (Å²) in [7, 11) is -1.72. The predicted molar refractivity (Wildman–Crippen MR) is 90.7 cm³/mol. The van der Waals surface area contributed by atoms with Gasteiger partial charge in [-0.25, -0.2) is 13.6 Å². The summed E-state index contributed by atoms with van der Waals surface area (Å²) in [6, 6.07) is 6.61. The number of sulfonamides is 1. The smallest absolute Gasteiger partial charge is 0.238 e. The van der Waals surface area contributed by atoms with Crippen LogP contribution in [0.15, 0.2) is 33.7 Å². The maximum absolute atomic E-state index is 11.3. The van der Waals surface area contributed by atoms with Crippen molar-refractivity contribution in [2.24, 2.45) is 5.14 Å². The summed E-state index contributed by atoms with van der Waals surface area (Å²) >= 11 is 0. The Bertz CT molecular complexity index is 791. The van der Waals surface area contributed by atoms with E-state index < -0.39 is 10.0 Å². The standard InChI is InChI=1S/C16H24N4O3S/c1-11(12-6-8-13(9-7-12)24(17,21)22)20(5)10-14-18-15(23-19-14)16(2,3)4/h6-9,11H,10H2,1-5H3,(H2,17,21,22). The first-order chi connectivity index (χ1) is 11.0. The van der Waals surface area contributed by atoms with Gasteiger partial charge in [-0.1, -0.05) is 38.1 Å². The Balaban J connectivity index is 2.09. The van der Waals surface area contributed by atoms with Gasteiger partial charge in [0.05, 0.1) is 11.4 Å². The van der Waals surface area contributed by atoms with Crippen molar-refractivity contribution < 1.29 is 12.9 Å². The van der Waals surface area contributed by atoms with Crippen LogP contribution in [-0.2, 0) is 22.0 Å². The van der Waals surface area contributed by atoms with Crippen LogP contribution in [0.3, 0.4) is 0 Å². The molecule has 0 amide bonds.